The molecule has 1 aromatic carbocycles. The average Bonchev–Trinajstić information content (AvgIpc) is 2.35. The summed E-state index contributed by atoms with van der Waals surface area (Å²) >= 11 is -5.09. The van der Waals surface area contributed by atoms with Gasteiger partial charge in [0.2, 0.25) is 0 Å². The van der Waals surface area contributed by atoms with Gasteiger partial charge in [-0.05, 0) is 0 Å². The Labute approximate surface area is 135 Å². The molecule has 4 nitrogen and oxygen atoms in total. The van der Waals surface area contributed by atoms with Crippen LogP contribution in [-0.4, -0.2) is 47.9 Å². The molecule has 0 fully saturated rings. The molecule has 0 saturated heterocycles. The van der Waals surface area contributed by atoms with E-state index >= 15 is 0 Å². The number of halogens is 6. The summed E-state index contributed by atoms with van der Waals surface area (Å²) in [6, 6.07) is 4.06. The van der Waals surface area contributed by atoms with Gasteiger partial charge >= 0.3 is 136 Å². The Morgan fingerprint density at radius 3 is 1.70 bits per heavy atom. The van der Waals surface area contributed by atoms with Crippen LogP contribution in [0.4, 0.5) is 26.3 Å². The van der Waals surface area contributed by atoms with E-state index < -0.39 is 47.9 Å². The molecule has 0 aliphatic heterocycles. The van der Waals surface area contributed by atoms with Crippen LogP contribution >= 0.6 is 0 Å². The average molecular weight is 536 g/mol. The van der Waals surface area contributed by atoms with Crippen LogP contribution in [0.1, 0.15) is 11.1 Å². The predicted octanol–water partition coefficient (Wildman–Crippen LogP) is 2.21. The topological polar surface area (TPSA) is 52.6 Å². The molecule has 0 amide bonds. The molecule has 0 saturated carbocycles. The van der Waals surface area contributed by atoms with Crippen molar-refractivity contribution in [3.8, 4) is 0 Å². The number of aryl methyl sites for hydroxylation is 2. The van der Waals surface area contributed by atoms with Gasteiger partial charge in [0.25, 0.3) is 0 Å². The molecule has 0 N–H and O–H groups in total. The molecule has 23 heavy (non-hydrogen) atoms. The third kappa shape index (κ3) is 5.66. The molecular formula is C12H9F6O4Tl. The van der Waals surface area contributed by atoms with Crippen molar-refractivity contribution in [1.29, 1.82) is 0 Å². The maximum absolute atomic E-state index is 12.3. The van der Waals surface area contributed by atoms with E-state index in [9.17, 15) is 35.9 Å². The molecule has 11 heteroatoms. The minimum absolute atomic E-state index is 0.0919. The van der Waals surface area contributed by atoms with Crippen LogP contribution in [0.15, 0.2) is 18.2 Å². The number of benzene rings is 1. The summed E-state index contributed by atoms with van der Waals surface area (Å²) in [6.45, 7) is 3.05. The second kappa shape index (κ2) is 7.05. The molecule has 0 bridgehead atoms. The molecule has 0 aliphatic carbocycles. The Kier molecular flexibility index (Phi) is 6.04. The van der Waals surface area contributed by atoms with E-state index in [1.54, 1.807) is 6.92 Å². The summed E-state index contributed by atoms with van der Waals surface area (Å²) in [7, 11) is 0. The molecule has 0 unspecified atom stereocenters. The molecule has 0 radical (unpaired) electrons. The quantitative estimate of drug-likeness (QED) is 0.440. The second-order valence-electron chi connectivity index (χ2n) is 4.50. The van der Waals surface area contributed by atoms with Gasteiger partial charge in [0, 0.05) is 0 Å². The van der Waals surface area contributed by atoms with E-state index in [1.165, 1.54) is 25.1 Å². The first-order chi connectivity index (χ1) is 10.3. The zero-order valence-corrected chi connectivity index (χ0v) is 16.2. The number of alkyl halides is 6. The van der Waals surface area contributed by atoms with Crippen LogP contribution in [0.25, 0.3) is 0 Å². The fourth-order valence-electron chi connectivity index (χ4n) is 1.57. The van der Waals surface area contributed by atoms with Crippen molar-refractivity contribution in [3.63, 3.8) is 0 Å². The Morgan fingerprint density at radius 1 is 0.913 bits per heavy atom. The molecule has 0 heterocycles. The third-order valence-electron chi connectivity index (χ3n) is 2.57. The number of rotatable bonds is 3. The number of carbonyl (C=O) groups is 2. The second-order valence-corrected chi connectivity index (χ2v) is 11.3. The van der Waals surface area contributed by atoms with Gasteiger partial charge in [-0.1, -0.05) is 0 Å². The Hall–Kier alpha value is -1.34. The van der Waals surface area contributed by atoms with Crippen LogP contribution in [0.5, 0.6) is 0 Å². The number of hydrogen-bond donors (Lipinski definition) is 0. The SMILES string of the molecule is Cc1cc[c]([Tl]([O]C(=O)C(F)(F)F)[O]C(=O)C(F)(F)F)c(C)c1. The molecule has 1 aromatic rings. The van der Waals surface area contributed by atoms with Crippen LogP contribution in [0.3, 0.4) is 0 Å². The molecule has 0 aromatic heterocycles. The van der Waals surface area contributed by atoms with E-state index in [0.717, 1.165) is 0 Å². The normalized spacial score (nSPS) is 11.8. The monoisotopic (exact) mass is 536 g/mol. The van der Waals surface area contributed by atoms with E-state index in [-0.39, 0.29) is 8.69 Å². The van der Waals surface area contributed by atoms with Crippen LogP contribution in [-0.2, 0) is 15.0 Å². The van der Waals surface area contributed by atoms with Gasteiger partial charge < -0.3 is 0 Å². The van der Waals surface area contributed by atoms with Crippen LogP contribution < -0.4 is 3.12 Å². The first kappa shape index (κ1) is 19.7. The van der Waals surface area contributed by atoms with E-state index in [4.69, 9.17) is 0 Å². The summed E-state index contributed by atoms with van der Waals surface area (Å²) in [5.74, 6) is -5.36. The van der Waals surface area contributed by atoms with Crippen molar-refractivity contribution >= 4 is 38.7 Å². The van der Waals surface area contributed by atoms with Crippen molar-refractivity contribution < 1.29 is 41.3 Å². The standard InChI is InChI=1S/C8H9.2C2HF3O2.Tl/c1-7-4-3-5-8(2)6-7;2*3-2(4,5)1(6)7;/h3-4,6H,1-2H3;2*(H,6,7);/q;;;+2/p-2. The summed E-state index contributed by atoms with van der Waals surface area (Å²) in [4.78, 5) is 21.8. The van der Waals surface area contributed by atoms with Gasteiger partial charge in [0.15, 0.2) is 0 Å². The Bertz CT molecular complexity index is 583. The molecular weight excluding hydrogens is 526 g/mol. The molecule has 0 aliphatic rings. The summed E-state index contributed by atoms with van der Waals surface area (Å²) < 4.78 is 81.7. The third-order valence-corrected chi connectivity index (χ3v) is 10.4. The van der Waals surface area contributed by atoms with Gasteiger partial charge in [-0.2, -0.15) is 0 Å². The van der Waals surface area contributed by atoms with Gasteiger partial charge in [-0.25, -0.2) is 0 Å². The molecule has 0 spiro atoms. The van der Waals surface area contributed by atoms with Gasteiger partial charge in [0.05, 0.1) is 0 Å². The fourth-order valence-corrected chi connectivity index (χ4v) is 8.05. The molecule has 126 valence electrons. The van der Waals surface area contributed by atoms with Gasteiger partial charge in [0.1, 0.15) is 0 Å². The first-order valence-electron chi connectivity index (χ1n) is 5.95. The first-order valence-corrected chi connectivity index (χ1v) is 11.9. The van der Waals surface area contributed by atoms with Crippen LogP contribution in [0.2, 0.25) is 0 Å². The number of hydrogen-bond acceptors (Lipinski definition) is 4. The van der Waals surface area contributed by atoms with Crippen molar-refractivity contribution in [3.05, 3.63) is 29.3 Å². The number of carbonyl (C=O) groups excluding carboxylic acids is 2. The fraction of sp³-hybridized carbons (Fsp3) is 0.333. The Morgan fingerprint density at radius 2 is 1.35 bits per heavy atom. The van der Waals surface area contributed by atoms with Crippen molar-refractivity contribution in [1.82, 2.24) is 0 Å². The van der Waals surface area contributed by atoms with Crippen molar-refractivity contribution in [2.45, 2.75) is 26.2 Å². The van der Waals surface area contributed by atoms with Crippen molar-refractivity contribution in [2.75, 3.05) is 0 Å². The maximum atomic E-state index is 12.3. The summed E-state index contributed by atoms with van der Waals surface area (Å²) in [6.07, 6.45) is -10.8. The summed E-state index contributed by atoms with van der Waals surface area (Å²) in [5, 5.41) is 0. The van der Waals surface area contributed by atoms with Gasteiger partial charge in [-0.3, -0.25) is 0 Å². The van der Waals surface area contributed by atoms with Crippen molar-refractivity contribution in [2.24, 2.45) is 0 Å². The summed E-state index contributed by atoms with van der Waals surface area (Å²) in [5.41, 5.74) is 0.962. The van der Waals surface area contributed by atoms with Crippen LogP contribution in [0, 0.1) is 13.8 Å². The predicted molar refractivity (Wildman–Crippen MR) is 65.6 cm³/mol. The zero-order chi connectivity index (χ0) is 18.0. The zero-order valence-electron chi connectivity index (χ0n) is 11.7. The Balaban J connectivity index is 3.15. The van der Waals surface area contributed by atoms with Gasteiger partial charge in [-0.15, -0.1) is 0 Å². The van der Waals surface area contributed by atoms with E-state index in [2.05, 4.69) is 5.37 Å². The minimum atomic E-state index is -5.40. The van der Waals surface area contributed by atoms with E-state index in [0.29, 0.717) is 5.56 Å². The molecule has 1 rings (SSSR count). The molecule has 0 atom stereocenters. The van der Waals surface area contributed by atoms with E-state index in [1.807, 2.05) is 0 Å².